The first-order valence-corrected chi connectivity index (χ1v) is 9.16. The molecule has 2 N–H and O–H groups in total. The van der Waals surface area contributed by atoms with Gasteiger partial charge in [-0.1, -0.05) is 43.2 Å². The second-order valence-electron chi connectivity index (χ2n) is 6.43. The highest BCUT2D eigenvalue weighted by Gasteiger charge is 2.40. The van der Waals surface area contributed by atoms with E-state index >= 15 is 0 Å². The van der Waals surface area contributed by atoms with Gasteiger partial charge in [0.15, 0.2) is 0 Å². The number of nitrogens with one attached hydrogen (secondary N) is 1. The van der Waals surface area contributed by atoms with Crippen LogP contribution in [-0.4, -0.2) is 17.7 Å². The van der Waals surface area contributed by atoms with Crippen LogP contribution in [0.1, 0.15) is 49.8 Å². The van der Waals surface area contributed by atoms with E-state index in [1.54, 1.807) is 11.3 Å². The van der Waals surface area contributed by atoms with Gasteiger partial charge in [0.05, 0.1) is 6.10 Å². The number of aliphatic hydroxyl groups is 1. The lowest BCUT2D eigenvalue weighted by Crippen LogP contribution is -2.46. The van der Waals surface area contributed by atoms with Gasteiger partial charge in [0.1, 0.15) is 0 Å². The van der Waals surface area contributed by atoms with E-state index in [9.17, 15) is 5.11 Å². The maximum Gasteiger partial charge on any atom is 0.0922 e. The first kappa shape index (κ1) is 15.7. The molecule has 2 nitrogen and oxygen atoms in total. The monoisotopic (exact) mass is 315 g/mol. The van der Waals surface area contributed by atoms with Gasteiger partial charge in [-0.2, -0.15) is 11.3 Å². The minimum atomic E-state index is -0.414. The van der Waals surface area contributed by atoms with Crippen LogP contribution in [0.5, 0.6) is 0 Å². The summed E-state index contributed by atoms with van der Waals surface area (Å²) in [7, 11) is 0. The quantitative estimate of drug-likeness (QED) is 0.834. The van der Waals surface area contributed by atoms with Crippen LogP contribution in [0, 0.1) is 0 Å². The summed E-state index contributed by atoms with van der Waals surface area (Å²) in [5, 5.41) is 18.0. The molecule has 0 aliphatic heterocycles. The van der Waals surface area contributed by atoms with Gasteiger partial charge in [0.25, 0.3) is 0 Å². The second-order valence-corrected chi connectivity index (χ2v) is 7.21. The van der Waals surface area contributed by atoms with Crippen molar-refractivity contribution in [1.82, 2.24) is 5.32 Å². The first-order valence-electron chi connectivity index (χ1n) is 8.21. The van der Waals surface area contributed by atoms with Crippen molar-refractivity contribution in [2.24, 2.45) is 0 Å². The lowest BCUT2D eigenvalue weighted by molar-refractivity contribution is 0.162. The molecule has 3 rings (SSSR count). The summed E-state index contributed by atoms with van der Waals surface area (Å²) in [6.45, 7) is 2.89. The Bertz CT molecular complexity index is 560. The van der Waals surface area contributed by atoms with Crippen molar-refractivity contribution >= 4 is 11.3 Å². The van der Waals surface area contributed by atoms with Crippen molar-refractivity contribution in [3.8, 4) is 0 Å². The molecule has 2 atom stereocenters. The summed E-state index contributed by atoms with van der Waals surface area (Å²) in [4.78, 5) is 0. The first-order chi connectivity index (χ1) is 10.7. The predicted octanol–water partition coefficient (Wildman–Crippen LogP) is 4.27. The fourth-order valence-corrected chi connectivity index (χ4v) is 4.52. The maximum atomic E-state index is 10.3. The van der Waals surface area contributed by atoms with Crippen LogP contribution in [0.25, 0.3) is 0 Å². The molecule has 1 aromatic carbocycles. The van der Waals surface area contributed by atoms with Gasteiger partial charge in [0, 0.05) is 18.0 Å². The molecule has 22 heavy (non-hydrogen) atoms. The zero-order chi connectivity index (χ0) is 15.4. The van der Waals surface area contributed by atoms with Gasteiger partial charge in [-0.15, -0.1) is 0 Å². The zero-order valence-electron chi connectivity index (χ0n) is 13.2. The van der Waals surface area contributed by atoms with E-state index in [0.29, 0.717) is 12.6 Å². The number of hydrogen-bond donors (Lipinski definition) is 2. The van der Waals surface area contributed by atoms with Crippen LogP contribution in [0.4, 0.5) is 0 Å². The van der Waals surface area contributed by atoms with Crippen LogP contribution in [0.3, 0.4) is 0 Å². The lowest BCUT2D eigenvalue weighted by Gasteiger charge is -2.37. The Morgan fingerprint density at radius 2 is 1.91 bits per heavy atom. The highest BCUT2D eigenvalue weighted by Crippen LogP contribution is 2.43. The molecule has 1 fully saturated rings. The predicted molar refractivity (Wildman–Crippen MR) is 93.3 cm³/mol. The molecule has 0 radical (unpaired) electrons. The minimum absolute atomic E-state index is 0.218. The molecule has 1 heterocycles. The van der Waals surface area contributed by atoms with Gasteiger partial charge in [-0.25, -0.2) is 0 Å². The van der Waals surface area contributed by atoms with Crippen molar-refractivity contribution in [2.75, 3.05) is 6.54 Å². The van der Waals surface area contributed by atoms with Gasteiger partial charge in [-0.3, -0.25) is 0 Å². The Morgan fingerprint density at radius 1 is 1.18 bits per heavy atom. The standard InChI is InChI=1S/C19H25NOS/c1-15(20-13-18(21)16-9-12-22-14-16)19(10-5-6-11-19)17-7-3-2-4-8-17/h2-4,7-9,12,14-15,18,20-21H,5-6,10-11,13H2,1H3. The minimum Gasteiger partial charge on any atom is -0.387 e. The van der Waals surface area contributed by atoms with Gasteiger partial charge >= 0.3 is 0 Å². The van der Waals surface area contributed by atoms with Crippen LogP contribution in [-0.2, 0) is 5.41 Å². The summed E-state index contributed by atoms with van der Waals surface area (Å²) in [5.74, 6) is 0. The molecule has 0 bridgehead atoms. The molecule has 2 aromatic rings. The molecule has 1 aliphatic rings. The molecular formula is C19H25NOS. The largest absolute Gasteiger partial charge is 0.387 e. The van der Waals surface area contributed by atoms with E-state index in [-0.39, 0.29) is 5.41 Å². The van der Waals surface area contributed by atoms with E-state index in [1.165, 1.54) is 31.2 Å². The maximum absolute atomic E-state index is 10.3. The van der Waals surface area contributed by atoms with Crippen LogP contribution < -0.4 is 5.32 Å². The molecule has 1 aromatic heterocycles. The number of benzene rings is 1. The Hall–Kier alpha value is -1.16. The summed E-state index contributed by atoms with van der Waals surface area (Å²) in [6, 6.07) is 13.3. The van der Waals surface area contributed by atoms with Crippen molar-refractivity contribution in [1.29, 1.82) is 0 Å². The third-order valence-corrected chi connectivity index (χ3v) is 5.92. The van der Waals surface area contributed by atoms with Crippen LogP contribution >= 0.6 is 11.3 Å². The normalized spacial score (nSPS) is 19.9. The van der Waals surface area contributed by atoms with Crippen molar-refractivity contribution in [2.45, 2.75) is 50.2 Å². The molecule has 118 valence electrons. The molecule has 1 saturated carbocycles. The zero-order valence-corrected chi connectivity index (χ0v) is 14.0. The average Bonchev–Trinajstić information content (AvgIpc) is 3.25. The molecular weight excluding hydrogens is 290 g/mol. The Balaban J connectivity index is 1.70. The fourth-order valence-electron chi connectivity index (χ4n) is 3.81. The Kier molecular flexibility index (Phi) is 4.97. The molecule has 0 saturated heterocycles. The molecule has 1 aliphatic carbocycles. The second kappa shape index (κ2) is 6.95. The highest BCUT2D eigenvalue weighted by molar-refractivity contribution is 7.07. The van der Waals surface area contributed by atoms with Crippen molar-refractivity contribution < 1.29 is 5.11 Å². The molecule has 3 heteroatoms. The Morgan fingerprint density at radius 3 is 2.55 bits per heavy atom. The summed E-state index contributed by atoms with van der Waals surface area (Å²) in [6.07, 6.45) is 4.66. The average molecular weight is 315 g/mol. The number of aliphatic hydroxyl groups excluding tert-OH is 1. The highest BCUT2D eigenvalue weighted by atomic mass is 32.1. The third kappa shape index (κ3) is 3.12. The SMILES string of the molecule is CC(NCC(O)c1ccsc1)C1(c2ccccc2)CCCC1. The number of hydrogen-bond acceptors (Lipinski definition) is 3. The van der Waals surface area contributed by atoms with E-state index < -0.39 is 6.10 Å². The third-order valence-electron chi connectivity index (χ3n) is 5.22. The summed E-state index contributed by atoms with van der Waals surface area (Å²) < 4.78 is 0. The summed E-state index contributed by atoms with van der Waals surface area (Å²) >= 11 is 1.64. The molecule has 2 unspecified atom stereocenters. The van der Waals surface area contributed by atoms with E-state index in [4.69, 9.17) is 0 Å². The van der Waals surface area contributed by atoms with Gasteiger partial charge in [-0.05, 0) is 47.7 Å². The molecule has 0 spiro atoms. The number of thiophene rings is 1. The molecule has 0 amide bonds. The summed E-state index contributed by atoms with van der Waals surface area (Å²) in [5.41, 5.74) is 2.68. The Labute approximate surface area is 137 Å². The van der Waals surface area contributed by atoms with Gasteiger partial charge < -0.3 is 10.4 Å². The van der Waals surface area contributed by atoms with E-state index in [0.717, 1.165) is 5.56 Å². The van der Waals surface area contributed by atoms with Gasteiger partial charge in [0.2, 0.25) is 0 Å². The van der Waals surface area contributed by atoms with E-state index in [1.807, 2.05) is 16.8 Å². The van der Waals surface area contributed by atoms with Crippen molar-refractivity contribution in [3.63, 3.8) is 0 Å². The lowest BCUT2D eigenvalue weighted by atomic mass is 9.73. The smallest absolute Gasteiger partial charge is 0.0922 e. The fraction of sp³-hybridized carbons (Fsp3) is 0.474. The topological polar surface area (TPSA) is 32.3 Å². The van der Waals surface area contributed by atoms with Crippen molar-refractivity contribution in [3.05, 3.63) is 58.3 Å². The number of rotatable bonds is 6. The van der Waals surface area contributed by atoms with E-state index in [2.05, 4.69) is 42.6 Å². The van der Waals surface area contributed by atoms with Crippen LogP contribution in [0.15, 0.2) is 47.2 Å². The van der Waals surface area contributed by atoms with Crippen LogP contribution in [0.2, 0.25) is 0 Å².